The molecule has 1 rings (SSSR count). The second-order valence-corrected chi connectivity index (χ2v) is 4.00. The van der Waals surface area contributed by atoms with E-state index in [2.05, 4.69) is 12.2 Å². The van der Waals surface area contributed by atoms with Gasteiger partial charge in [0.05, 0.1) is 6.61 Å². The van der Waals surface area contributed by atoms with Gasteiger partial charge in [0.2, 0.25) is 5.91 Å². The molecule has 0 fully saturated rings. The number of hydrogen-bond acceptors (Lipinski definition) is 2. The Balaban J connectivity index is 2.54. The molecule has 94 valence electrons. The molecular weight excluding hydrogens is 238 g/mol. The van der Waals surface area contributed by atoms with Crippen molar-refractivity contribution in [3.05, 3.63) is 35.4 Å². The zero-order chi connectivity index (χ0) is 12.5. The first-order valence-electron chi connectivity index (χ1n) is 5.75. The fraction of sp³-hybridized carbons (Fsp3) is 0.462. The standard InChI is InChI=1S/C13H18ClNO2/c1-2-7-17-10-12-6-4-3-5-11(12)9-15-13(16)8-14/h3-6H,2,7-10H2,1H3,(H,15,16). The normalized spacial score (nSPS) is 10.2. The molecule has 0 radical (unpaired) electrons. The Kier molecular flexibility index (Phi) is 6.67. The van der Waals surface area contributed by atoms with Gasteiger partial charge < -0.3 is 10.1 Å². The zero-order valence-corrected chi connectivity index (χ0v) is 10.8. The SMILES string of the molecule is CCCOCc1ccccc1CNC(=O)CCl. The maximum Gasteiger partial charge on any atom is 0.235 e. The van der Waals surface area contributed by atoms with Gasteiger partial charge in [-0.3, -0.25) is 4.79 Å². The lowest BCUT2D eigenvalue weighted by Gasteiger charge is -2.10. The molecule has 1 aromatic carbocycles. The highest BCUT2D eigenvalue weighted by molar-refractivity contribution is 6.27. The molecule has 0 saturated heterocycles. The first-order chi connectivity index (χ1) is 8.27. The molecule has 0 aliphatic rings. The lowest BCUT2D eigenvalue weighted by atomic mass is 10.1. The fourth-order valence-corrected chi connectivity index (χ4v) is 1.53. The minimum absolute atomic E-state index is 0.00545. The van der Waals surface area contributed by atoms with Crippen LogP contribution < -0.4 is 5.32 Å². The summed E-state index contributed by atoms with van der Waals surface area (Å²) in [7, 11) is 0. The van der Waals surface area contributed by atoms with Gasteiger partial charge in [-0.25, -0.2) is 0 Å². The van der Waals surface area contributed by atoms with E-state index in [0.29, 0.717) is 13.2 Å². The topological polar surface area (TPSA) is 38.3 Å². The van der Waals surface area contributed by atoms with Crippen molar-refractivity contribution in [1.82, 2.24) is 5.32 Å². The van der Waals surface area contributed by atoms with Crippen LogP contribution in [0.2, 0.25) is 0 Å². The summed E-state index contributed by atoms with van der Waals surface area (Å²) in [5.74, 6) is -0.162. The quantitative estimate of drug-likeness (QED) is 0.600. The van der Waals surface area contributed by atoms with E-state index in [9.17, 15) is 4.79 Å². The van der Waals surface area contributed by atoms with Gasteiger partial charge in [-0.15, -0.1) is 11.6 Å². The summed E-state index contributed by atoms with van der Waals surface area (Å²) in [5, 5.41) is 2.75. The maximum absolute atomic E-state index is 11.1. The molecule has 3 nitrogen and oxygen atoms in total. The van der Waals surface area contributed by atoms with Gasteiger partial charge in [0.25, 0.3) is 0 Å². The number of carbonyl (C=O) groups excluding carboxylic acids is 1. The molecular formula is C13H18ClNO2. The van der Waals surface area contributed by atoms with Crippen molar-refractivity contribution in [3.8, 4) is 0 Å². The van der Waals surface area contributed by atoms with Crippen LogP contribution in [0.3, 0.4) is 0 Å². The molecule has 0 aliphatic carbocycles. The summed E-state index contributed by atoms with van der Waals surface area (Å²) in [4.78, 5) is 11.1. The van der Waals surface area contributed by atoms with Gasteiger partial charge in [0.1, 0.15) is 5.88 Å². The Labute approximate surface area is 107 Å². The summed E-state index contributed by atoms with van der Waals surface area (Å²) in [6.45, 7) is 3.91. The molecule has 0 aliphatic heterocycles. The third-order valence-electron chi connectivity index (χ3n) is 2.32. The van der Waals surface area contributed by atoms with E-state index >= 15 is 0 Å². The Bertz CT molecular complexity index is 355. The average molecular weight is 256 g/mol. The van der Waals surface area contributed by atoms with Gasteiger partial charge in [0.15, 0.2) is 0 Å². The number of benzene rings is 1. The summed E-state index contributed by atoms with van der Waals surface area (Å²) in [6, 6.07) is 7.92. The number of hydrogen-bond donors (Lipinski definition) is 1. The first kappa shape index (κ1) is 14.0. The molecule has 0 unspecified atom stereocenters. The molecule has 0 spiro atoms. The van der Waals surface area contributed by atoms with Crippen molar-refractivity contribution in [2.45, 2.75) is 26.5 Å². The van der Waals surface area contributed by atoms with E-state index in [1.54, 1.807) is 0 Å². The van der Waals surface area contributed by atoms with Crippen LogP contribution in [-0.4, -0.2) is 18.4 Å². The van der Waals surface area contributed by atoms with Crippen LogP contribution in [0.15, 0.2) is 24.3 Å². The van der Waals surface area contributed by atoms with Crippen molar-refractivity contribution in [1.29, 1.82) is 0 Å². The predicted octanol–water partition coefficient (Wildman–Crippen LogP) is 2.47. The van der Waals surface area contributed by atoms with Crippen LogP contribution in [0.25, 0.3) is 0 Å². The number of ether oxygens (including phenoxy) is 1. The third-order valence-corrected chi connectivity index (χ3v) is 2.56. The Morgan fingerprint density at radius 2 is 2.06 bits per heavy atom. The predicted molar refractivity (Wildman–Crippen MR) is 69.0 cm³/mol. The number of carbonyl (C=O) groups is 1. The highest BCUT2D eigenvalue weighted by Gasteiger charge is 2.03. The van der Waals surface area contributed by atoms with Gasteiger partial charge in [-0.05, 0) is 17.5 Å². The summed E-state index contributed by atoms with van der Waals surface area (Å²) in [5.41, 5.74) is 2.18. The van der Waals surface area contributed by atoms with Crippen LogP contribution >= 0.6 is 11.6 Å². The molecule has 0 heterocycles. The monoisotopic (exact) mass is 255 g/mol. The van der Waals surface area contributed by atoms with Crippen molar-refractivity contribution in [3.63, 3.8) is 0 Å². The lowest BCUT2D eigenvalue weighted by Crippen LogP contribution is -2.24. The van der Waals surface area contributed by atoms with Crippen molar-refractivity contribution in [2.75, 3.05) is 12.5 Å². The van der Waals surface area contributed by atoms with Gasteiger partial charge >= 0.3 is 0 Å². The Morgan fingerprint density at radius 1 is 1.35 bits per heavy atom. The summed E-state index contributed by atoms with van der Waals surface area (Å²) in [6.07, 6.45) is 1.01. The van der Waals surface area contributed by atoms with Crippen molar-refractivity contribution < 1.29 is 9.53 Å². The van der Waals surface area contributed by atoms with E-state index in [1.165, 1.54) is 0 Å². The largest absolute Gasteiger partial charge is 0.377 e. The van der Waals surface area contributed by atoms with Gasteiger partial charge in [-0.1, -0.05) is 31.2 Å². The summed E-state index contributed by atoms with van der Waals surface area (Å²) < 4.78 is 5.50. The van der Waals surface area contributed by atoms with E-state index in [1.807, 2.05) is 24.3 Å². The minimum Gasteiger partial charge on any atom is -0.377 e. The lowest BCUT2D eigenvalue weighted by molar-refractivity contribution is -0.118. The fourth-order valence-electron chi connectivity index (χ4n) is 1.44. The number of nitrogens with one attached hydrogen (secondary N) is 1. The highest BCUT2D eigenvalue weighted by Crippen LogP contribution is 2.10. The second-order valence-electron chi connectivity index (χ2n) is 3.73. The van der Waals surface area contributed by atoms with E-state index < -0.39 is 0 Å². The van der Waals surface area contributed by atoms with Crippen LogP contribution in [-0.2, 0) is 22.7 Å². The molecule has 0 saturated carbocycles. The molecule has 0 aromatic heterocycles. The summed E-state index contributed by atoms with van der Waals surface area (Å²) >= 11 is 5.42. The minimum atomic E-state index is -0.157. The van der Waals surface area contributed by atoms with Crippen molar-refractivity contribution >= 4 is 17.5 Å². The molecule has 1 aromatic rings. The maximum atomic E-state index is 11.1. The van der Waals surface area contributed by atoms with Crippen LogP contribution in [0.1, 0.15) is 24.5 Å². The number of alkyl halides is 1. The highest BCUT2D eigenvalue weighted by atomic mass is 35.5. The zero-order valence-electron chi connectivity index (χ0n) is 10.0. The van der Waals surface area contributed by atoms with Crippen LogP contribution in [0.5, 0.6) is 0 Å². The molecule has 0 bridgehead atoms. The van der Waals surface area contributed by atoms with Crippen LogP contribution in [0.4, 0.5) is 0 Å². The molecule has 1 amide bonds. The van der Waals surface area contributed by atoms with Gasteiger partial charge in [-0.2, -0.15) is 0 Å². The molecule has 17 heavy (non-hydrogen) atoms. The molecule has 0 atom stereocenters. The Hall–Kier alpha value is -1.06. The molecule has 4 heteroatoms. The number of rotatable bonds is 7. The number of amides is 1. The second kappa shape index (κ2) is 8.09. The average Bonchev–Trinajstić information content (AvgIpc) is 2.37. The van der Waals surface area contributed by atoms with E-state index in [-0.39, 0.29) is 11.8 Å². The number of halogens is 1. The third kappa shape index (κ3) is 5.20. The van der Waals surface area contributed by atoms with Crippen LogP contribution in [0, 0.1) is 0 Å². The molecule has 1 N–H and O–H groups in total. The van der Waals surface area contributed by atoms with E-state index in [0.717, 1.165) is 24.2 Å². The smallest absolute Gasteiger partial charge is 0.235 e. The van der Waals surface area contributed by atoms with Gasteiger partial charge in [0, 0.05) is 13.2 Å². The Morgan fingerprint density at radius 3 is 2.71 bits per heavy atom. The van der Waals surface area contributed by atoms with E-state index in [4.69, 9.17) is 16.3 Å². The van der Waals surface area contributed by atoms with Crippen molar-refractivity contribution in [2.24, 2.45) is 0 Å². The first-order valence-corrected chi connectivity index (χ1v) is 6.28.